The summed E-state index contributed by atoms with van der Waals surface area (Å²) in [7, 11) is 1.66. The second kappa shape index (κ2) is 2.47. The van der Waals surface area contributed by atoms with Crippen molar-refractivity contribution in [3.05, 3.63) is 11.5 Å². The standard InChI is InChI=1S/C8H12FN3/c1-12-8(10)7(9)6(11-12)4-5-2-3-5/h5H,2-4,10H2,1H3. The van der Waals surface area contributed by atoms with E-state index in [1.54, 1.807) is 7.05 Å². The fraction of sp³-hybridized carbons (Fsp3) is 0.625. The summed E-state index contributed by atoms with van der Waals surface area (Å²) < 4.78 is 14.6. The first kappa shape index (κ1) is 7.58. The quantitative estimate of drug-likeness (QED) is 0.720. The Morgan fingerprint density at radius 3 is 2.75 bits per heavy atom. The molecular formula is C8H12FN3. The smallest absolute Gasteiger partial charge is 0.188 e. The fourth-order valence-electron chi connectivity index (χ4n) is 1.29. The predicted molar refractivity (Wildman–Crippen MR) is 44.0 cm³/mol. The maximum Gasteiger partial charge on any atom is 0.188 e. The van der Waals surface area contributed by atoms with Crippen LogP contribution in [0.3, 0.4) is 0 Å². The van der Waals surface area contributed by atoms with E-state index in [-0.39, 0.29) is 11.6 Å². The van der Waals surface area contributed by atoms with Crippen LogP contribution in [0.4, 0.5) is 10.2 Å². The van der Waals surface area contributed by atoms with Crippen molar-refractivity contribution in [1.82, 2.24) is 9.78 Å². The van der Waals surface area contributed by atoms with Crippen LogP contribution in [0.1, 0.15) is 18.5 Å². The molecule has 0 aliphatic heterocycles. The average Bonchev–Trinajstić information content (AvgIpc) is 2.80. The van der Waals surface area contributed by atoms with Gasteiger partial charge in [-0.15, -0.1) is 0 Å². The van der Waals surface area contributed by atoms with Gasteiger partial charge in [0.25, 0.3) is 0 Å². The summed E-state index contributed by atoms with van der Waals surface area (Å²) in [6.45, 7) is 0. The van der Waals surface area contributed by atoms with Crippen molar-refractivity contribution in [2.75, 3.05) is 5.73 Å². The number of halogens is 1. The molecule has 0 atom stereocenters. The van der Waals surface area contributed by atoms with Crippen molar-refractivity contribution in [1.29, 1.82) is 0 Å². The van der Waals surface area contributed by atoms with Crippen LogP contribution in [0.5, 0.6) is 0 Å². The summed E-state index contributed by atoms with van der Waals surface area (Å²) in [5.41, 5.74) is 5.95. The van der Waals surface area contributed by atoms with E-state index >= 15 is 0 Å². The number of nitrogens with zero attached hydrogens (tertiary/aromatic N) is 2. The molecule has 0 saturated heterocycles. The summed E-state index contributed by atoms with van der Waals surface area (Å²) in [6.07, 6.45) is 3.16. The highest BCUT2D eigenvalue weighted by atomic mass is 19.1. The van der Waals surface area contributed by atoms with Crippen molar-refractivity contribution in [2.45, 2.75) is 19.3 Å². The van der Waals surface area contributed by atoms with E-state index in [0.717, 1.165) is 6.42 Å². The van der Waals surface area contributed by atoms with Gasteiger partial charge in [-0.2, -0.15) is 5.10 Å². The Bertz CT molecular complexity index is 301. The number of hydrogen-bond donors (Lipinski definition) is 1. The molecule has 1 aliphatic rings. The molecule has 0 radical (unpaired) electrons. The van der Waals surface area contributed by atoms with E-state index < -0.39 is 0 Å². The van der Waals surface area contributed by atoms with Gasteiger partial charge in [-0.1, -0.05) is 0 Å². The lowest BCUT2D eigenvalue weighted by molar-refractivity contribution is 0.605. The molecular weight excluding hydrogens is 157 g/mol. The number of hydrogen-bond acceptors (Lipinski definition) is 2. The van der Waals surface area contributed by atoms with Crippen molar-refractivity contribution in [3.8, 4) is 0 Å². The largest absolute Gasteiger partial charge is 0.381 e. The third-order valence-electron chi connectivity index (χ3n) is 2.28. The zero-order valence-electron chi connectivity index (χ0n) is 7.05. The van der Waals surface area contributed by atoms with Gasteiger partial charge in [-0.25, -0.2) is 4.39 Å². The molecule has 2 rings (SSSR count). The lowest BCUT2D eigenvalue weighted by atomic mass is 10.2. The molecule has 12 heavy (non-hydrogen) atoms. The lowest BCUT2D eigenvalue weighted by Gasteiger charge is -1.90. The molecule has 1 saturated carbocycles. The number of aromatic nitrogens is 2. The molecule has 0 spiro atoms. The first-order valence-corrected chi connectivity index (χ1v) is 4.15. The van der Waals surface area contributed by atoms with Gasteiger partial charge < -0.3 is 5.73 Å². The molecule has 0 bridgehead atoms. The second-order valence-corrected chi connectivity index (χ2v) is 3.42. The van der Waals surface area contributed by atoms with Crippen LogP contribution in [0.2, 0.25) is 0 Å². The number of anilines is 1. The molecule has 0 amide bonds. The van der Waals surface area contributed by atoms with Gasteiger partial charge in [0.05, 0.1) is 0 Å². The Morgan fingerprint density at radius 2 is 2.33 bits per heavy atom. The highest BCUT2D eigenvalue weighted by Crippen LogP contribution is 2.33. The Kier molecular flexibility index (Phi) is 1.56. The minimum atomic E-state index is -0.329. The topological polar surface area (TPSA) is 43.8 Å². The monoisotopic (exact) mass is 169 g/mol. The van der Waals surface area contributed by atoms with Crippen LogP contribution < -0.4 is 5.73 Å². The minimum Gasteiger partial charge on any atom is -0.381 e. The minimum absolute atomic E-state index is 0.144. The molecule has 1 fully saturated rings. The Morgan fingerprint density at radius 1 is 1.67 bits per heavy atom. The predicted octanol–water partition coefficient (Wildman–Crippen LogP) is 1.09. The van der Waals surface area contributed by atoms with Crippen molar-refractivity contribution >= 4 is 5.82 Å². The molecule has 1 aromatic heterocycles. The normalized spacial score (nSPS) is 16.8. The van der Waals surface area contributed by atoms with Crippen LogP contribution >= 0.6 is 0 Å². The van der Waals surface area contributed by atoms with E-state index in [1.165, 1.54) is 17.5 Å². The third-order valence-corrected chi connectivity index (χ3v) is 2.28. The van der Waals surface area contributed by atoms with Crippen LogP contribution in [0.15, 0.2) is 0 Å². The van der Waals surface area contributed by atoms with Crippen molar-refractivity contribution < 1.29 is 4.39 Å². The van der Waals surface area contributed by atoms with E-state index in [4.69, 9.17) is 5.73 Å². The molecule has 0 unspecified atom stereocenters. The van der Waals surface area contributed by atoms with E-state index in [2.05, 4.69) is 5.10 Å². The van der Waals surface area contributed by atoms with Crippen LogP contribution in [-0.4, -0.2) is 9.78 Å². The van der Waals surface area contributed by atoms with Crippen molar-refractivity contribution in [2.24, 2.45) is 13.0 Å². The SMILES string of the molecule is Cn1nc(CC2CC2)c(F)c1N. The van der Waals surface area contributed by atoms with Gasteiger partial charge in [0, 0.05) is 7.05 Å². The highest BCUT2D eigenvalue weighted by Gasteiger charge is 2.25. The molecule has 66 valence electrons. The number of rotatable bonds is 2. The van der Waals surface area contributed by atoms with Gasteiger partial charge in [-0.05, 0) is 25.2 Å². The maximum atomic E-state index is 13.2. The number of aryl methyl sites for hydroxylation is 1. The van der Waals surface area contributed by atoms with Crippen LogP contribution in [-0.2, 0) is 13.5 Å². The summed E-state index contributed by atoms with van der Waals surface area (Å²) in [4.78, 5) is 0. The molecule has 3 nitrogen and oxygen atoms in total. The lowest BCUT2D eigenvalue weighted by Crippen LogP contribution is -1.98. The molecule has 0 aromatic carbocycles. The fourth-order valence-corrected chi connectivity index (χ4v) is 1.29. The summed E-state index contributed by atoms with van der Waals surface area (Å²) in [5, 5.41) is 4.01. The third kappa shape index (κ3) is 1.17. The zero-order valence-corrected chi connectivity index (χ0v) is 7.05. The summed E-state index contributed by atoms with van der Waals surface area (Å²) in [6, 6.07) is 0. The highest BCUT2D eigenvalue weighted by molar-refractivity contribution is 5.33. The first-order chi connectivity index (χ1) is 5.68. The number of nitrogen functional groups attached to an aromatic ring is 1. The van der Waals surface area contributed by atoms with Gasteiger partial charge in [-0.3, -0.25) is 4.68 Å². The maximum absolute atomic E-state index is 13.2. The second-order valence-electron chi connectivity index (χ2n) is 3.42. The van der Waals surface area contributed by atoms with Crippen molar-refractivity contribution in [3.63, 3.8) is 0 Å². The molecule has 1 aromatic rings. The molecule has 2 N–H and O–H groups in total. The number of nitrogens with two attached hydrogens (primary N) is 1. The molecule has 4 heteroatoms. The van der Waals surface area contributed by atoms with Crippen LogP contribution in [0.25, 0.3) is 0 Å². The zero-order chi connectivity index (χ0) is 8.72. The van der Waals surface area contributed by atoms with Gasteiger partial charge in [0.1, 0.15) is 5.69 Å². The molecule has 1 aliphatic carbocycles. The first-order valence-electron chi connectivity index (χ1n) is 4.15. The summed E-state index contributed by atoms with van der Waals surface area (Å²) >= 11 is 0. The van der Waals surface area contributed by atoms with Crippen LogP contribution in [0, 0.1) is 11.7 Å². The van der Waals surface area contributed by atoms with Gasteiger partial charge >= 0.3 is 0 Å². The van der Waals surface area contributed by atoms with E-state index in [9.17, 15) is 4.39 Å². The Balaban J connectivity index is 2.23. The van der Waals surface area contributed by atoms with E-state index in [0.29, 0.717) is 11.6 Å². The Hall–Kier alpha value is -1.06. The van der Waals surface area contributed by atoms with E-state index in [1.807, 2.05) is 0 Å². The molecule has 1 heterocycles. The average molecular weight is 169 g/mol. The summed E-state index contributed by atoms with van der Waals surface area (Å²) in [5.74, 6) is 0.462. The Labute approximate surface area is 70.4 Å². The van der Waals surface area contributed by atoms with Gasteiger partial charge in [0.2, 0.25) is 0 Å². The van der Waals surface area contributed by atoms with Gasteiger partial charge in [0.15, 0.2) is 11.6 Å².